The van der Waals surface area contributed by atoms with Crippen molar-refractivity contribution in [3.63, 3.8) is 0 Å². The van der Waals surface area contributed by atoms with Crippen LogP contribution in [0.5, 0.6) is 5.75 Å². The molecule has 0 bridgehead atoms. The maximum Gasteiger partial charge on any atom is 0.244 e. The minimum absolute atomic E-state index is 0.0447. The highest BCUT2D eigenvalue weighted by Gasteiger charge is 2.55. The molecule has 1 saturated carbocycles. The molecule has 1 aromatic carbocycles. The van der Waals surface area contributed by atoms with Gasteiger partial charge in [-0.1, -0.05) is 13.8 Å². The average molecular weight is 384 g/mol. The standard InChI is InChI=1S/C19H29NO5S/c1-11(2)14-9-17(16(24-5)8-12(14)3)26(21,22)20-18-13-6-7-25-19(13)15(18)10-23-4/h8-9,11,13,15,18-20H,6-7,10H2,1-5H3/t13-,15+,18+,19-/m1/s1. The van der Waals surface area contributed by atoms with Crippen LogP contribution < -0.4 is 9.46 Å². The highest BCUT2D eigenvalue weighted by molar-refractivity contribution is 7.89. The molecule has 1 heterocycles. The molecule has 2 fully saturated rings. The topological polar surface area (TPSA) is 73.9 Å². The summed E-state index contributed by atoms with van der Waals surface area (Å²) in [5, 5.41) is 0. The van der Waals surface area contributed by atoms with Gasteiger partial charge in [-0.2, -0.15) is 0 Å². The summed E-state index contributed by atoms with van der Waals surface area (Å²) in [6.07, 6.45) is 0.967. The fourth-order valence-corrected chi connectivity index (χ4v) is 5.83. The number of fused-ring (bicyclic) bond motifs is 1. The Hall–Kier alpha value is -1.15. The number of sulfonamides is 1. The molecule has 0 amide bonds. The van der Waals surface area contributed by atoms with Crippen LogP contribution >= 0.6 is 0 Å². The number of benzene rings is 1. The Morgan fingerprint density at radius 3 is 2.65 bits per heavy atom. The first-order valence-corrected chi connectivity index (χ1v) is 10.6. The number of hydrogen-bond acceptors (Lipinski definition) is 5. The number of methoxy groups -OCH3 is 2. The molecule has 1 aliphatic carbocycles. The fraction of sp³-hybridized carbons (Fsp3) is 0.684. The van der Waals surface area contributed by atoms with E-state index in [0.717, 1.165) is 17.5 Å². The van der Waals surface area contributed by atoms with Gasteiger partial charge in [0.2, 0.25) is 10.0 Å². The van der Waals surface area contributed by atoms with Gasteiger partial charge in [0.05, 0.1) is 19.8 Å². The smallest absolute Gasteiger partial charge is 0.244 e. The van der Waals surface area contributed by atoms with Crippen LogP contribution in [0, 0.1) is 18.8 Å². The van der Waals surface area contributed by atoms with E-state index >= 15 is 0 Å². The van der Waals surface area contributed by atoms with Gasteiger partial charge in [-0.3, -0.25) is 0 Å². The molecule has 1 aromatic rings. The van der Waals surface area contributed by atoms with Crippen molar-refractivity contribution >= 4 is 10.0 Å². The van der Waals surface area contributed by atoms with Crippen LogP contribution in [-0.4, -0.2) is 48.0 Å². The Balaban J connectivity index is 1.91. The molecule has 1 N–H and O–H groups in total. The van der Waals surface area contributed by atoms with E-state index in [1.165, 1.54) is 7.11 Å². The fourth-order valence-electron chi connectivity index (χ4n) is 4.31. The van der Waals surface area contributed by atoms with Crippen LogP contribution in [0.15, 0.2) is 17.0 Å². The summed E-state index contributed by atoms with van der Waals surface area (Å²) in [6, 6.07) is 3.38. The molecule has 0 aromatic heterocycles. The van der Waals surface area contributed by atoms with Crippen molar-refractivity contribution in [1.82, 2.24) is 4.72 Å². The quantitative estimate of drug-likeness (QED) is 0.783. The van der Waals surface area contributed by atoms with Crippen molar-refractivity contribution in [3.8, 4) is 5.75 Å². The van der Waals surface area contributed by atoms with Gasteiger partial charge in [-0.05, 0) is 42.5 Å². The molecule has 3 rings (SSSR count). The van der Waals surface area contributed by atoms with Crippen molar-refractivity contribution in [2.24, 2.45) is 11.8 Å². The lowest BCUT2D eigenvalue weighted by Crippen LogP contribution is -2.62. The van der Waals surface area contributed by atoms with Gasteiger partial charge in [-0.15, -0.1) is 0 Å². The largest absolute Gasteiger partial charge is 0.495 e. The van der Waals surface area contributed by atoms with Gasteiger partial charge >= 0.3 is 0 Å². The predicted molar refractivity (Wildman–Crippen MR) is 99.1 cm³/mol. The maximum absolute atomic E-state index is 13.2. The molecule has 1 saturated heterocycles. The van der Waals surface area contributed by atoms with Gasteiger partial charge in [0.1, 0.15) is 10.6 Å². The molecule has 146 valence electrons. The molecular weight excluding hydrogens is 354 g/mol. The Bertz CT molecular complexity index is 761. The highest BCUT2D eigenvalue weighted by atomic mass is 32.2. The third-order valence-electron chi connectivity index (χ3n) is 5.64. The first kappa shape index (κ1) is 19.6. The minimum atomic E-state index is -3.71. The summed E-state index contributed by atoms with van der Waals surface area (Å²) in [4.78, 5) is 0.202. The zero-order valence-corrected chi connectivity index (χ0v) is 16.9. The van der Waals surface area contributed by atoms with E-state index in [2.05, 4.69) is 18.6 Å². The first-order chi connectivity index (χ1) is 12.3. The predicted octanol–water partition coefficient (Wildman–Crippen LogP) is 2.46. The van der Waals surface area contributed by atoms with Gasteiger partial charge in [-0.25, -0.2) is 13.1 Å². The summed E-state index contributed by atoms with van der Waals surface area (Å²) >= 11 is 0. The summed E-state index contributed by atoms with van der Waals surface area (Å²) in [7, 11) is -0.580. The van der Waals surface area contributed by atoms with E-state index in [9.17, 15) is 8.42 Å². The Labute approximate surface area is 156 Å². The third kappa shape index (κ3) is 3.38. The van der Waals surface area contributed by atoms with Crippen LogP contribution in [0.1, 0.15) is 37.3 Å². The van der Waals surface area contributed by atoms with E-state index < -0.39 is 10.0 Å². The van der Waals surface area contributed by atoms with Crippen molar-refractivity contribution in [3.05, 3.63) is 23.3 Å². The molecule has 7 heteroatoms. The molecule has 1 aliphatic heterocycles. The number of aryl methyl sites for hydroxylation is 1. The van der Waals surface area contributed by atoms with E-state index in [1.54, 1.807) is 19.2 Å². The summed E-state index contributed by atoms with van der Waals surface area (Å²) in [5.41, 5.74) is 2.04. The van der Waals surface area contributed by atoms with Crippen LogP contribution in [0.4, 0.5) is 0 Å². The number of hydrogen-bond donors (Lipinski definition) is 1. The second-order valence-corrected chi connectivity index (χ2v) is 9.25. The third-order valence-corrected chi connectivity index (χ3v) is 7.12. The SMILES string of the molecule is COC[C@H]1[C@@H](NS(=O)(=O)c2cc(C(C)C)c(C)cc2OC)[C@H]2CCO[C@H]21. The Morgan fingerprint density at radius 1 is 1.31 bits per heavy atom. The number of nitrogens with one attached hydrogen (secondary N) is 1. The number of rotatable bonds is 7. The van der Waals surface area contributed by atoms with E-state index in [-0.39, 0.29) is 34.8 Å². The minimum Gasteiger partial charge on any atom is -0.495 e. The lowest BCUT2D eigenvalue weighted by Gasteiger charge is -2.47. The zero-order valence-electron chi connectivity index (χ0n) is 16.1. The second-order valence-electron chi connectivity index (χ2n) is 7.57. The van der Waals surface area contributed by atoms with E-state index in [0.29, 0.717) is 19.0 Å². The van der Waals surface area contributed by atoms with Crippen molar-refractivity contribution < 1.29 is 22.6 Å². The summed E-state index contributed by atoms with van der Waals surface area (Å²) in [6.45, 7) is 7.25. The molecule has 0 unspecified atom stereocenters. The molecule has 26 heavy (non-hydrogen) atoms. The summed E-state index contributed by atoms with van der Waals surface area (Å²) < 4.78 is 45.6. The molecule has 2 aliphatic rings. The van der Waals surface area contributed by atoms with Crippen LogP contribution in [0.3, 0.4) is 0 Å². The van der Waals surface area contributed by atoms with E-state index in [1.807, 2.05) is 6.92 Å². The van der Waals surface area contributed by atoms with Crippen LogP contribution in [0.25, 0.3) is 0 Å². The maximum atomic E-state index is 13.2. The van der Waals surface area contributed by atoms with Crippen molar-refractivity contribution in [1.29, 1.82) is 0 Å². The molecule has 0 spiro atoms. The highest BCUT2D eigenvalue weighted by Crippen LogP contribution is 2.44. The second kappa shape index (κ2) is 7.46. The van der Waals surface area contributed by atoms with Gasteiger partial charge in [0, 0.05) is 31.6 Å². The monoisotopic (exact) mass is 383 g/mol. The molecule has 6 nitrogen and oxygen atoms in total. The lowest BCUT2D eigenvalue weighted by molar-refractivity contribution is -0.0775. The van der Waals surface area contributed by atoms with Gasteiger partial charge in [0.15, 0.2) is 0 Å². The van der Waals surface area contributed by atoms with Crippen LogP contribution in [-0.2, 0) is 19.5 Å². The lowest BCUT2D eigenvalue weighted by atomic mass is 9.68. The van der Waals surface area contributed by atoms with Crippen molar-refractivity contribution in [2.45, 2.75) is 50.2 Å². The summed E-state index contributed by atoms with van der Waals surface area (Å²) in [5.74, 6) is 0.864. The average Bonchev–Trinajstić information content (AvgIpc) is 3.01. The zero-order chi connectivity index (χ0) is 19.1. The Kier molecular flexibility index (Phi) is 5.63. The van der Waals surface area contributed by atoms with E-state index in [4.69, 9.17) is 14.2 Å². The molecule has 0 radical (unpaired) electrons. The number of ether oxygens (including phenoxy) is 3. The molecular formula is C19H29NO5S. The van der Waals surface area contributed by atoms with Crippen molar-refractivity contribution in [2.75, 3.05) is 27.4 Å². The first-order valence-electron chi connectivity index (χ1n) is 9.11. The van der Waals surface area contributed by atoms with Crippen LogP contribution in [0.2, 0.25) is 0 Å². The Morgan fingerprint density at radius 2 is 2.04 bits per heavy atom. The molecule has 4 atom stereocenters. The van der Waals surface area contributed by atoms with Gasteiger partial charge in [0.25, 0.3) is 0 Å². The van der Waals surface area contributed by atoms with Gasteiger partial charge < -0.3 is 14.2 Å². The normalized spacial score (nSPS) is 28.1.